The monoisotopic (exact) mass is 678 g/mol. The Morgan fingerprint density at radius 1 is 1.23 bits per heavy atom. The quantitative estimate of drug-likeness (QED) is 0.316. The van der Waals surface area contributed by atoms with Gasteiger partial charge in [0.05, 0.1) is 24.2 Å². The van der Waals surface area contributed by atoms with Crippen molar-refractivity contribution in [2.45, 2.75) is 68.1 Å². The van der Waals surface area contributed by atoms with E-state index in [1.807, 2.05) is 18.2 Å². The molecule has 5 atom stereocenters. The number of anilines is 1. The van der Waals surface area contributed by atoms with E-state index in [-0.39, 0.29) is 35.8 Å². The second-order valence-electron chi connectivity index (χ2n) is 13.4. The highest BCUT2D eigenvalue weighted by molar-refractivity contribution is 7.90. The molecule has 2 aliphatic heterocycles. The SMILES string of the molecule is C=C1C/C=C/[C@@](C#CCCO)(OC)[C@@H]2CC[C@H]2CN2C[C@@]3(CCCc4cc(Cl)ccc43)COc3ccc(cc32)C(=O)NS(=O)(=O)[C@@H]1C. The lowest BCUT2D eigenvalue weighted by molar-refractivity contribution is -0.0350. The van der Waals surface area contributed by atoms with Gasteiger partial charge in [0.1, 0.15) is 11.4 Å². The van der Waals surface area contributed by atoms with Crippen LogP contribution in [0.3, 0.4) is 0 Å². The minimum atomic E-state index is -4.07. The average molecular weight is 679 g/mol. The number of nitrogens with zero attached hydrogens (tertiary/aromatic N) is 1. The van der Waals surface area contributed by atoms with Gasteiger partial charge in [-0.05, 0) is 98.9 Å². The summed E-state index contributed by atoms with van der Waals surface area (Å²) in [4.78, 5) is 15.8. The summed E-state index contributed by atoms with van der Waals surface area (Å²) >= 11 is 6.43. The molecule has 250 valence electrons. The van der Waals surface area contributed by atoms with Crippen molar-refractivity contribution in [1.29, 1.82) is 0 Å². The number of rotatable bonds is 2. The van der Waals surface area contributed by atoms with Crippen molar-refractivity contribution in [3.8, 4) is 17.6 Å². The number of allylic oxidation sites excluding steroid dienone is 1. The fraction of sp³-hybridized carbons (Fsp3) is 0.486. The summed E-state index contributed by atoms with van der Waals surface area (Å²) < 4.78 is 41.8. The lowest BCUT2D eigenvalue weighted by atomic mass is 9.64. The zero-order valence-electron chi connectivity index (χ0n) is 27.1. The number of aliphatic hydroxyl groups excluding tert-OH is 1. The van der Waals surface area contributed by atoms with Crippen molar-refractivity contribution in [2.24, 2.45) is 11.8 Å². The van der Waals surface area contributed by atoms with E-state index in [0.717, 1.165) is 42.8 Å². The van der Waals surface area contributed by atoms with Gasteiger partial charge in [-0.1, -0.05) is 47.7 Å². The predicted octanol–water partition coefficient (Wildman–Crippen LogP) is 5.57. The molecule has 2 aromatic carbocycles. The first-order chi connectivity index (χ1) is 22.5. The number of ether oxygens (including phenoxy) is 2. The van der Waals surface area contributed by atoms with E-state index >= 15 is 0 Å². The Labute approximate surface area is 283 Å². The average Bonchev–Trinajstić information content (AvgIpc) is 3.18. The summed E-state index contributed by atoms with van der Waals surface area (Å²) in [6, 6.07) is 11.3. The van der Waals surface area contributed by atoms with E-state index < -0.39 is 26.8 Å². The number of hydrogen-bond acceptors (Lipinski definition) is 7. The van der Waals surface area contributed by atoms with Crippen LogP contribution in [0.1, 0.15) is 66.9 Å². The van der Waals surface area contributed by atoms with Gasteiger partial charge in [-0.3, -0.25) is 4.79 Å². The molecule has 0 saturated heterocycles. The van der Waals surface area contributed by atoms with Gasteiger partial charge in [0, 0.05) is 48.5 Å². The highest BCUT2D eigenvalue weighted by atomic mass is 35.5. The van der Waals surface area contributed by atoms with Gasteiger partial charge in [0.15, 0.2) is 0 Å². The van der Waals surface area contributed by atoms with Crippen LogP contribution in [0.25, 0.3) is 0 Å². The smallest absolute Gasteiger partial charge is 0.264 e. The van der Waals surface area contributed by atoms with E-state index in [0.29, 0.717) is 37.4 Å². The maximum atomic E-state index is 13.5. The Morgan fingerprint density at radius 2 is 2.06 bits per heavy atom. The molecule has 2 bridgehead atoms. The third kappa shape index (κ3) is 6.46. The molecule has 0 radical (unpaired) electrons. The van der Waals surface area contributed by atoms with Crippen molar-refractivity contribution in [3.63, 3.8) is 0 Å². The van der Waals surface area contributed by atoms with Crippen LogP contribution in [0.5, 0.6) is 5.75 Å². The molecule has 47 heavy (non-hydrogen) atoms. The minimum Gasteiger partial charge on any atom is -0.490 e. The van der Waals surface area contributed by atoms with Crippen LogP contribution < -0.4 is 14.4 Å². The number of amides is 1. The number of fused-ring (bicyclic) bond motifs is 4. The zero-order chi connectivity index (χ0) is 33.4. The summed E-state index contributed by atoms with van der Waals surface area (Å²) in [7, 11) is -2.42. The van der Waals surface area contributed by atoms with Gasteiger partial charge in [-0.2, -0.15) is 0 Å². The van der Waals surface area contributed by atoms with Crippen LogP contribution in [0.2, 0.25) is 5.02 Å². The zero-order valence-corrected chi connectivity index (χ0v) is 28.6. The highest BCUT2D eigenvalue weighted by Crippen LogP contribution is 2.49. The van der Waals surface area contributed by atoms with Crippen molar-refractivity contribution < 1.29 is 27.8 Å². The maximum Gasteiger partial charge on any atom is 0.264 e. The molecule has 2 aliphatic carbocycles. The first-order valence-corrected chi connectivity index (χ1v) is 18.3. The number of aliphatic hydroxyl groups is 1. The number of methoxy groups -OCH3 is 1. The molecular weight excluding hydrogens is 636 g/mol. The number of carbonyl (C=O) groups is 1. The van der Waals surface area contributed by atoms with Crippen LogP contribution in [-0.2, 0) is 26.6 Å². The summed E-state index contributed by atoms with van der Waals surface area (Å²) in [6.07, 6.45) is 9.16. The normalized spacial score (nSPS) is 30.7. The number of aryl methyl sites for hydroxylation is 1. The van der Waals surface area contributed by atoms with Gasteiger partial charge in [-0.15, -0.1) is 0 Å². The largest absolute Gasteiger partial charge is 0.490 e. The molecule has 0 aromatic heterocycles. The number of sulfonamides is 1. The molecule has 8 nitrogen and oxygen atoms in total. The minimum absolute atomic E-state index is 0.0461. The van der Waals surface area contributed by atoms with Gasteiger partial charge in [0.2, 0.25) is 10.0 Å². The third-order valence-electron chi connectivity index (χ3n) is 10.6. The standard InChI is InChI=1S/C37H43ClN2O6S/c1-25-8-6-18-37(45-3,17-4-5-19-41)32-13-10-29(32)22-40-23-36(16-7-9-27-20-30(38)12-14-31(27)36)24-46-34-15-11-28(21-33(34)40)35(42)39-47(43,44)26(25)2/h6,11-12,14-15,18,20-21,26,29,32,41H,1,5,7-10,13,16,19,22-24H2,2-3H3,(H,39,42)/b18-6+/t26-,29+,32-,36+,37-/m1/s1. The van der Waals surface area contributed by atoms with Gasteiger partial charge < -0.3 is 19.5 Å². The van der Waals surface area contributed by atoms with E-state index in [1.165, 1.54) is 18.1 Å². The van der Waals surface area contributed by atoms with Crippen LogP contribution in [-0.4, -0.2) is 63.7 Å². The van der Waals surface area contributed by atoms with Crippen LogP contribution in [0.15, 0.2) is 60.7 Å². The predicted molar refractivity (Wildman–Crippen MR) is 184 cm³/mol. The molecule has 1 saturated carbocycles. The van der Waals surface area contributed by atoms with Gasteiger partial charge in [0.25, 0.3) is 5.91 Å². The van der Waals surface area contributed by atoms with Crippen LogP contribution in [0.4, 0.5) is 5.69 Å². The van der Waals surface area contributed by atoms with Gasteiger partial charge in [-0.25, -0.2) is 13.1 Å². The molecule has 2 heterocycles. The van der Waals surface area contributed by atoms with Crippen LogP contribution >= 0.6 is 11.6 Å². The number of nitrogens with one attached hydrogen (secondary N) is 1. The Kier molecular flexibility index (Phi) is 9.52. The Morgan fingerprint density at radius 3 is 2.81 bits per heavy atom. The Bertz CT molecular complexity index is 1760. The van der Waals surface area contributed by atoms with Crippen molar-refractivity contribution in [2.75, 3.05) is 38.3 Å². The molecule has 0 unspecified atom stereocenters. The lowest BCUT2D eigenvalue weighted by Gasteiger charge is -2.48. The van der Waals surface area contributed by atoms with E-state index in [9.17, 15) is 18.3 Å². The van der Waals surface area contributed by atoms with Crippen molar-refractivity contribution in [3.05, 3.63) is 82.4 Å². The fourth-order valence-corrected chi connectivity index (χ4v) is 9.01. The number of benzene rings is 2. The summed E-state index contributed by atoms with van der Waals surface area (Å²) in [5, 5.41) is 9.19. The number of carbonyl (C=O) groups excluding carboxylic acids is 1. The molecule has 6 rings (SSSR count). The second-order valence-corrected chi connectivity index (χ2v) is 15.8. The highest BCUT2D eigenvalue weighted by Gasteiger charge is 2.48. The summed E-state index contributed by atoms with van der Waals surface area (Å²) in [5.41, 5.74) is 2.67. The van der Waals surface area contributed by atoms with Crippen molar-refractivity contribution >= 4 is 33.2 Å². The summed E-state index contributed by atoms with van der Waals surface area (Å²) in [6.45, 7) is 7.30. The second kappa shape index (κ2) is 13.3. The summed E-state index contributed by atoms with van der Waals surface area (Å²) in [5.74, 6) is 6.66. The molecular formula is C37H43ClN2O6S. The number of hydrogen-bond donors (Lipinski definition) is 2. The lowest BCUT2D eigenvalue weighted by Crippen LogP contribution is -2.52. The van der Waals surface area contributed by atoms with Crippen molar-refractivity contribution in [1.82, 2.24) is 4.72 Å². The van der Waals surface area contributed by atoms with E-state index in [4.69, 9.17) is 21.1 Å². The third-order valence-corrected chi connectivity index (χ3v) is 12.6. The Balaban J connectivity index is 1.47. The molecule has 2 aromatic rings. The maximum absolute atomic E-state index is 13.5. The first kappa shape index (κ1) is 33.6. The topological polar surface area (TPSA) is 105 Å². The fourth-order valence-electron chi connectivity index (χ4n) is 7.72. The first-order valence-electron chi connectivity index (χ1n) is 16.4. The molecule has 1 spiro atoms. The van der Waals surface area contributed by atoms with E-state index in [2.05, 4.69) is 40.2 Å². The molecule has 1 amide bonds. The molecule has 10 heteroatoms. The number of halogens is 1. The van der Waals surface area contributed by atoms with Gasteiger partial charge >= 0.3 is 0 Å². The van der Waals surface area contributed by atoms with Crippen LogP contribution in [0, 0.1) is 23.7 Å². The molecule has 2 N–H and O–H groups in total. The molecule has 1 fully saturated rings. The molecule has 4 aliphatic rings. The Hall–Kier alpha value is -3.29. The van der Waals surface area contributed by atoms with E-state index in [1.54, 1.807) is 25.3 Å².